The van der Waals surface area contributed by atoms with Gasteiger partial charge in [-0.05, 0) is 50.8 Å². The van der Waals surface area contributed by atoms with Crippen molar-refractivity contribution in [1.82, 2.24) is 19.8 Å². The van der Waals surface area contributed by atoms with E-state index in [0.717, 1.165) is 49.9 Å². The van der Waals surface area contributed by atoms with E-state index in [1.807, 2.05) is 13.8 Å². The molecule has 216 valence electrons. The minimum atomic E-state index is -0.222. The zero-order valence-corrected chi connectivity index (χ0v) is 24.9. The van der Waals surface area contributed by atoms with Gasteiger partial charge in [-0.25, -0.2) is 4.98 Å². The molecule has 1 saturated heterocycles. The van der Waals surface area contributed by atoms with E-state index in [-0.39, 0.29) is 5.60 Å². The van der Waals surface area contributed by atoms with Gasteiger partial charge in [0.05, 0.1) is 6.61 Å². The van der Waals surface area contributed by atoms with Gasteiger partial charge in [0, 0.05) is 64.7 Å². The Morgan fingerprint density at radius 1 is 1.10 bits per heavy atom. The second kappa shape index (κ2) is 15.4. The second-order valence-electron chi connectivity index (χ2n) is 11.1. The van der Waals surface area contributed by atoms with Gasteiger partial charge in [-0.1, -0.05) is 38.1 Å². The molecule has 2 N–H and O–H groups in total. The first-order valence-electron chi connectivity index (χ1n) is 13.6. The highest BCUT2D eigenvalue weighted by atomic mass is 16.5. The van der Waals surface area contributed by atoms with Crippen molar-refractivity contribution < 1.29 is 14.3 Å². The lowest BCUT2D eigenvalue weighted by Crippen LogP contribution is -2.48. The Morgan fingerprint density at radius 2 is 1.74 bits per heavy atom. The Hall–Kier alpha value is -3.17. The number of nitrogens with zero attached hydrogens (tertiary/aromatic N) is 4. The molecule has 1 fully saturated rings. The Kier molecular flexibility index (Phi) is 12.7. The first kappa shape index (κ1) is 32.0. The summed E-state index contributed by atoms with van der Waals surface area (Å²) in [5.74, 6) is 2.77. The van der Waals surface area contributed by atoms with E-state index in [0.29, 0.717) is 31.1 Å². The van der Waals surface area contributed by atoms with Crippen molar-refractivity contribution in [1.29, 1.82) is 0 Å². The van der Waals surface area contributed by atoms with Crippen molar-refractivity contribution in [2.24, 2.45) is 5.92 Å². The van der Waals surface area contributed by atoms with Gasteiger partial charge < -0.3 is 29.8 Å². The highest BCUT2D eigenvalue weighted by Crippen LogP contribution is 2.30. The molecule has 1 aromatic heterocycles. The smallest absolute Gasteiger partial charge is 0.224 e. The molecule has 0 bridgehead atoms. The molecule has 2 aromatic rings. The lowest BCUT2D eigenvalue weighted by atomic mass is 9.94. The topological polar surface area (TPSA) is 91.8 Å². The number of anilines is 2. The summed E-state index contributed by atoms with van der Waals surface area (Å²) in [6.07, 6.45) is 2.93. The van der Waals surface area contributed by atoms with Crippen molar-refractivity contribution >= 4 is 18.6 Å². The maximum Gasteiger partial charge on any atom is 0.224 e. The van der Waals surface area contributed by atoms with Crippen molar-refractivity contribution in [3.8, 4) is 0 Å². The number of ether oxygens (including phenoxy) is 2. The van der Waals surface area contributed by atoms with Crippen LogP contribution in [-0.4, -0.2) is 72.5 Å². The molecule has 1 unspecified atom stereocenters. The minimum absolute atomic E-state index is 0.222. The van der Waals surface area contributed by atoms with Crippen LogP contribution < -0.4 is 10.6 Å². The van der Waals surface area contributed by atoms with Gasteiger partial charge in [0.2, 0.25) is 5.95 Å². The molecule has 39 heavy (non-hydrogen) atoms. The van der Waals surface area contributed by atoms with Crippen LogP contribution in [0, 0.1) is 5.92 Å². The molecular formula is C30H48N6O3. The van der Waals surface area contributed by atoms with Gasteiger partial charge in [-0.3, -0.25) is 4.90 Å². The number of methoxy groups -OCH3 is 1. The fourth-order valence-electron chi connectivity index (χ4n) is 4.65. The van der Waals surface area contributed by atoms with E-state index in [9.17, 15) is 0 Å². The van der Waals surface area contributed by atoms with Crippen LogP contribution >= 0.6 is 0 Å². The van der Waals surface area contributed by atoms with E-state index in [2.05, 4.69) is 95.9 Å². The number of hydrogen-bond acceptors (Lipinski definition) is 9. The average molecular weight is 541 g/mol. The molecule has 3 rings (SSSR count). The van der Waals surface area contributed by atoms with Gasteiger partial charge in [0.25, 0.3) is 0 Å². The third kappa shape index (κ3) is 10.1. The number of benzene rings is 1. The van der Waals surface area contributed by atoms with Gasteiger partial charge >= 0.3 is 0 Å². The molecule has 0 aliphatic carbocycles. The van der Waals surface area contributed by atoms with Crippen LogP contribution in [0.4, 0.5) is 11.8 Å². The van der Waals surface area contributed by atoms with E-state index in [1.165, 1.54) is 11.1 Å². The molecule has 0 saturated carbocycles. The molecule has 1 aromatic carbocycles. The molecular weight excluding hydrogens is 492 g/mol. The molecule has 0 spiro atoms. The number of nitrogens with one attached hydrogen (secondary N) is 2. The van der Waals surface area contributed by atoms with Crippen LogP contribution in [0.2, 0.25) is 0 Å². The highest BCUT2D eigenvalue weighted by Gasteiger charge is 2.27. The number of aromatic nitrogens is 2. The van der Waals surface area contributed by atoms with Crippen LogP contribution in [0.5, 0.6) is 0 Å². The molecule has 1 aliphatic rings. The zero-order chi connectivity index (χ0) is 29.0. The molecule has 1 atom stereocenters. The summed E-state index contributed by atoms with van der Waals surface area (Å²) in [4.78, 5) is 21.9. The molecule has 9 nitrogen and oxygen atoms in total. The molecule has 9 heteroatoms. The number of carbonyl (C=O) groups excluding carboxylic acids is 1. The minimum Gasteiger partial charge on any atom is -0.474 e. The predicted octanol–water partition coefficient (Wildman–Crippen LogP) is 5.08. The number of piperazine rings is 1. The van der Waals surface area contributed by atoms with E-state index in [1.54, 1.807) is 13.3 Å². The third-order valence-electron chi connectivity index (χ3n) is 6.44. The molecule has 2 heterocycles. The average Bonchev–Trinajstić information content (AvgIpc) is 2.92. The van der Waals surface area contributed by atoms with Crippen LogP contribution in [0.15, 0.2) is 42.9 Å². The predicted molar refractivity (Wildman–Crippen MR) is 159 cm³/mol. The molecule has 1 aliphatic heterocycles. The number of rotatable bonds is 12. The SMILES string of the molecule is C=C(OC(C)(C)C)N1CCN(C(CC(C)C)c2ccc(CNc3ncc(COC)c(NC)n3)cc2)CC1.C=O. The standard InChI is InChI=1S/C29H46N6O2.CH2O/c1-21(2)17-26(35-15-13-34(14-16-35)22(3)37-29(4,5)6)24-11-9-23(10-12-24)18-31-28-32-19-25(20-36-8)27(30-7)33-28;1-2/h9-12,19,21,26H,3,13-18,20H2,1-2,4-8H3,(H2,30,31,32,33);1H2. The van der Waals surface area contributed by atoms with E-state index < -0.39 is 0 Å². The van der Waals surface area contributed by atoms with Crippen molar-refractivity contribution in [3.63, 3.8) is 0 Å². The Bertz CT molecular complexity index is 1010. The fraction of sp³-hybridized carbons (Fsp3) is 0.567. The van der Waals surface area contributed by atoms with Gasteiger partial charge in [-0.15, -0.1) is 0 Å². The normalized spacial score (nSPS) is 14.8. The Morgan fingerprint density at radius 3 is 2.28 bits per heavy atom. The van der Waals surface area contributed by atoms with Crippen LogP contribution in [0.3, 0.4) is 0 Å². The summed E-state index contributed by atoms with van der Waals surface area (Å²) in [6, 6.07) is 9.38. The van der Waals surface area contributed by atoms with Crippen LogP contribution in [0.25, 0.3) is 0 Å². The van der Waals surface area contributed by atoms with Crippen molar-refractivity contribution in [3.05, 3.63) is 59.6 Å². The highest BCUT2D eigenvalue weighted by molar-refractivity contribution is 5.46. The quantitative estimate of drug-likeness (QED) is 0.358. The maximum absolute atomic E-state index is 8.00. The fourth-order valence-corrected chi connectivity index (χ4v) is 4.65. The Labute approximate surface area is 235 Å². The Balaban J connectivity index is 0.00000260. The summed E-state index contributed by atoms with van der Waals surface area (Å²) in [7, 11) is 3.52. The molecule has 0 amide bonds. The number of hydrogen-bond donors (Lipinski definition) is 2. The van der Waals surface area contributed by atoms with Crippen LogP contribution in [-0.2, 0) is 27.4 Å². The third-order valence-corrected chi connectivity index (χ3v) is 6.44. The van der Waals surface area contributed by atoms with Gasteiger partial charge in [0.1, 0.15) is 18.2 Å². The summed E-state index contributed by atoms with van der Waals surface area (Å²) in [5.41, 5.74) is 3.28. The second-order valence-corrected chi connectivity index (χ2v) is 11.1. The van der Waals surface area contributed by atoms with Gasteiger partial charge in [0.15, 0.2) is 5.88 Å². The summed E-state index contributed by atoms with van der Waals surface area (Å²) >= 11 is 0. The van der Waals surface area contributed by atoms with E-state index in [4.69, 9.17) is 14.3 Å². The molecule has 0 radical (unpaired) electrons. The van der Waals surface area contributed by atoms with Gasteiger partial charge in [-0.2, -0.15) is 4.98 Å². The van der Waals surface area contributed by atoms with Crippen molar-refractivity contribution in [2.75, 3.05) is 51.0 Å². The summed E-state index contributed by atoms with van der Waals surface area (Å²) in [6.45, 7) is 22.0. The lowest BCUT2D eigenvalue weighted by molar-refractivity contribution is -0.0980. The largest absolute Gasteiger partial charge is 0.474 e. The van der Waals surface area contributed by atoms with Crippen molar-refractivity contribution in [2.45, 2.75) is 65.8 Å². The summed E-state index contributed by atoms with van der Waals surface area (Å²) < 4.78 is 11.2. The first-order valence-corrected chi connectivity index (χ1v) is 13.6. The maximum atomic E-state index is 8.00. The van der Waals surface area contributed by atoms with E-state index >= 15 is 0 Å². The number of carbonyl (C=O) groups is 1. The summed E-state index contributed by atoms with van der Waals surface area (Å²) in [5, 5.41) is 6.46. The zero-order valence-electron chi connectivity index (χ0n) is 24.9. The first-order chi connectivity index (χ1) is 18.6. The monoisotopic (exact) mass is 540 g/mol. The lowest BCUT2D eigenvalue weighted by Gasteiger charge is -2.42. The van der Waals surface area contributed by atoms with Crippen LogP contribution in [0.1, 0.15) is 63.8 Å².